The van der Waals surface area contributed by atoms with Crippen molar-refractivity contribution in [2.45, 2.75) is 6.92 Å². The van der Waals surface area contributed by atoms with Crippen LogP contribution in [0.2, 0.25) is 0 Å². The third-order valence-electron chi connectivity index (χ3n) is 2.53. The predicted octanol–water partition coefficient (Wildman–Crippen LogP) is 4.36. The molecule has 68 valence electrons. The number of thiophene rings is 1. The molecule has 0 aliphatic carbocycles. The third kappa shape index (κ3) is 1.06. The van der Waals surface area contributed by atoms with Gasteiger partial charge in [0.2, 0.25) is 0 Å². The highest BCUT2D eigenvalue weighted by Crippen LogP contribution is 2.33. The van der Waals surface area contributed by atoms with E-state index in [0.29, 0.717) is 0 Å². The molecule has 0 N–H and O–H groups in total. The van der Waals surface area contributed by atoms with Gasteiger partial charge in [-0.1, -0.05) is 30.3 Å². The van der Waals surface area contributed by atoms with E-state index in [1.54, 1.807) is 0 Å². The second-order valence-corrected chi connectivity index (χ2v) is 4.68. The van der Waals surface area contributed by atoms with Gasteiger partial charge < -0.3 is 0 Å². The molecule has 0 atom stereocenters. The molecule has 0 nitrogen and oxygen atoms in total. The molecule has 0 unspecified atom stereocenters. The predicted molar refractivity (Wildman–Crippen MR) is 64.1 cm³/mol. The summed E-state index contributed by atoms with van der Waals surface area (Å²) in [5.41, 5.74) is 1.34. The average molecular weight is 198 g/mol. The molecule has 0 aliphatic heterocycles. The highest BCUT2D eigenvalue weighted by Gasteiger charge is 2.02. The van der Waals surface area contributed by atoms with Crippen molar-refractivity contribution in [1.82, 2.24) is 0 Å². The molecule has 1 heterocycles. The molecular formula is C13H10S. The molecule has 2 aromatic carbocycles. The highest BCUT2D eigenvalue weighted by molar-refractivity contribution is 7.25. The Hall–Kier alpha value is -1.34. The lowest BCUT2D eigenvalue weighted by Crippen LogP contribution is -1.68. The SMILES string of the molecule is Cc1ccc2c(c1)sc1ccccc12. The smallest absolute Gasteiger partial charge is 0.0358 e. The molecule has 3 aromatic rings. The molecule has 0 amide bonds. The minimum absolute atomic E-state index is 1.34. The van der Waals surface area contributed by atoms with Gasteiger partial charge in [0.1, 0.15) is 0 Å². The Morgan fingerprint density at radius 3 is 2.57 bits per heavy atom. The quantitative estimate of drug-likeness (QED) is 0.503. The van der Waals surface area contributed by atoms with Gasteiger partial charge in [0.15, 0.2) is 0 Å². The van der Waals surface area contributed by atoms with Gasteiger partial charge in [0, 0.05) is 20.2 Å². The minimum atomic E-state index is 1.34. The molecular weight excluding hydrogens is 188 g/mol. The number of aryl methyl sites for hydroxylation is 1. The van der Waals surface area contributed by atoms with Gasteiger partial charge in [-0.15, -0.1) is 11.3 Å². The van der Waals surface area contributed by atoms with Crippen LogP contribution >= 0.6 is 11.3 Å². The molecule has 0 saturated heterocycles. The fourth-order valence-electron chi connectivity index (χ4n) is 1.83. The van der Waals surface area contributed by atoms with Gasteiger partial charge in [-0.25, -0.2) is 0 Å². The van der Waals surface area contributed by atoms with Crippen molar-refractivity contribution >= 4 is 31.5 Å². The van der Waals surface area contributed by atoms with Gasteiger partial charge in [0.05, 0.1) is 0 Å². The molecule has 0 bridgehead atoms. The van der Waals surface area contributed by atoms with Crippen LogP contribution in [0.5, 0.6) is 0 Å². The van der Waals surface area contributed by atoms with Gasteiger partial charge >= 0.3 is 0 Å². The van der Waals surface area contributed by atoms with Crippen LogP contribution in [0.4, 0.5) is 0 Å². The summed E-state index contributed by atoms with van der Waals surface area (Å²) in [6.07, 6.45) is 0. The fraction of sp³-hybridized carbons (Fsp3) is 0.0769. The van der Waals surface area contributed by atoms with Crippen LogP contribution in [-0.2, 0) is 0 Å². The maximum atomic E-state index is 2.26. The van der Waals surface area contributed by atoms with E-state index < -0.39 is 0 Å². The van der Waals surface area contributed by atoms with Crippen LogP contribution in [0.25, 0.3) is 20.2 Å². The zero-order chi connectivity index (χ0) is 9.54. The standard InChI is InChI=1S/C13H10S/c1-9-6-7-11-10-4-2-3-5-12(10)14-13(11)8-9/h2-8H,1H3. The van der Waals surface area contributed by atoms with E-state index in [2.05, 4.69) is 49.4 Å². The number of hydrogen-bond acceptors (Lipinski definition) is 1. The second kappa shape index (κ2) is 2.82. The number of fused-ring (bicyclic) bond motifs is 3. The fourth-order valence-corrected chi connectivity index (χ4v) is 3.04. The first-order chi connectivity index (χ1) is 6.84. The van der Waals surface area contributed by atoms with Gasteiger partial charge in [-0.2, -0.15) is 0 Å². The molecule has 3 rings (SSSR count). The lowest BCUT2D eigenvalue weighted by atomic mass is 10.1. The summed E-state index contributed by atoms with van der Waals surface area (Å²) in [4.78, 5) is 0. The average Bonchev–Trinajstić information content (AvgIpc) is 2.54. The van der Waals surface area contributed by atoms with Crippen molar-refractivity contribution in [2.24, 2.45) is 0 Å². The number of benzene rings is 2. The first-order valence-corrected chi connectivity index (χ1v) is 5.54. The summed E-state index contributed by atoms with van der Waals surface area (Å²) >= 11 is 1.88. The van der Waals surface area contributed by atoms with Gasteiger partial charge in [-0.05, 0) is 24.6 Å². The summed E-state index contributed by atoms with van der Waals surface area (Å²) in [7, 11) is 0. The lowest BCUT2D eigenvalue weighted by Gasteiger charge is -1.92. The Bertz CT molecular complexity index is 605. The van der Waals surface area contributed by atoms with E-state index in [1.807, 2.05) is 11.3 Å². The number of hydrogen-bond donors (Lipinski definition) is 0. The van der Waals surface area contributed by atoms with E-state index in [9.17, 15) is 0 Å². The summed E-state index contributed by atoms with van der Waals surface area (Å²) in [5.74, 6) is 0. The highest BCUT2D eigenvalue weighted by atomic mass is 32.1. The summed E-state index contributed by atoms with van der Waals surface area (Å²) in [6, 6.07) is 15.3. The second-order valence-electron chi connectivity index (χ2n) is 3.60. The summed E-state index contributed by atoms with van der Waals surface area (Å²) in [6.45, 7) is 2.14. The van der Waals surface area contributed by atoms with Crippen molar-refractivity contribution in [1.29, 1.82) is 0 Å². The van der Waals surface area contributed by atoms with E-state index in [-0.39, 0.29) is 0 Å². The Morgan fingerprint density at radius 1 is 0.857 bits per heavy atom. The minimum Gasteiger partial charge on any atom is -0.135 e. The molecule has 1 heteroatoms. The largest absolute Gasteiger partial charge is 0.135 e. The Labute approximate surface area is 86.8 Å². The zero-order valence-corrected chi connectivity index (χ0v) is 8.77. The van der Waals surface area contributed by atoms with Crippen LogP contribution in [0.3, 0.4) is 0 Å². The Kier molecular flexibility index (Phi) is 1.62. The molecule has 0 fully saturated rings. The Balaban J connectivity index is 2.57. The van der Waals surface area contributed by atoms with Crippen molar-refractivity contribution in [3.63, 3.8) is 0 Å². The molecule has 0 aliphatic rings. The van der Waals surface area contributed by atoms with Crippen LogP contribution in [0, 0.1) is 6.92 Å². The molecule has 0 saturated carbocycles. The van der Waals surface area contributed by atoms with Gasteiger partial charge in [-0.3, -0.25) is 0 Å². The molecule has 0 spiro atoms. The first kappa shape index (κ1) is 8.01. The zero-order valence-electron chi connectivity index (χ0n) is 7.95. The van der Waals surface area contributed by atoms with E-state index in [1.165, 1.54) is 25.7 Å². The topological polar surface area (TPSA) is 0 Å². The van der Waals surface area contributed by atoms with Crippen molar-refractivity contribution < 1.29 is 0 Å². The van der Waals surface area contributed by atoms with Gasteiger partial charge in [0.25, 0.3) is 0 Å². The monoisotopic (exact) mass is 198 g/mol. The van der Waals surface area contributed by atoms with Crippen molar-refractivity contribution in [3.8, 4) is 0 Å². The van der Waals surface area contributed by atoms with E-state index >= 15 is 0 Å². The maximum Gasteiger partial charge on any atom is 0.0358 e. The van der Waals surface area contributed by atoms with Crippen LogP contribution in [0.15, 0.2) is 42.5 Å². The van der Waals surface area contributed by atoms with Crippen LogP contribution in [0.1, 0.15) is 5.56 Å². The maximum absolute atomic E-state index is 2.26. The van der Waals surface area contributed by atoms with Crippen molar-refractivity contribution in [3.05, 3.63) is 48.0 Å². The molecule has 1 aromatic heterocycles. The molecule has 14 heavy (non-hydrogen) atoms. The first-order valence-electron chi connectivity index (χ1n) is 4.72. The van der Waals surface area contributed by atoms with Crippen molar-refractivity contribution in [2.75, 3.05) is 0 Å². The van der Waals surface area contributed by atoms with Crippen LogP contribution in [-0.4, -0.2) is 0 Å². The Morgan fingerprint density at radius 2 is 1.64 bits per heavy atom. The van der Waals surface area contributed by atoms with E-state index in [0.717, 1.165) is 0 Å². The lowest BCUT2D eigenvalue weighted by molar-refractivity contribution is 1.52. The normalized spacial score (nSPS) is 11.2. The number of rotatable bonds is 0. The summed E-state index contributed by atoms with van der Waals surface area (Å²) < 4.78 is 2.78. The summed E-state index contributed by atoms with van der Waals surface area (Å²) in [5, 5.41) is 2.77. The third-order valence-corrected chi connectivity index (χ3v) is 3.67. The molecule has 0 radical (unpaired) electrons. The van der Waals surface area contributed by atoms with E-state index in [4.69, 9.17) is 0 Å². The van der Waals surface area contributed by atoms with Crippen LogP contribution < -0.4 is 0 Å².